The molecule has 9 nitrogen and oxygen atoms in total. The first kappa shape index (κ1) is 23.3. The molecule has 1 aliphatic rings. The number of nitrogens with one attached hydrogen (secondary N) is 3. The summed E-state index contributed by atoms with van der Waals surface area (Å²) >= 11 is 1.27. The number of imidazole rings is 1. The number of piperidine rings is 1. The van der Waals surface area contributed by atoms with Gasteiger partial charge in [0.15, 0.2) is 11.0 Å². The molecular weight excluding hydrogens is 469 g/mol. The van der Waals surface area contributed by atoms with Crippen LogP contribution in [-0.2, 0) is 4.79 Å². The van der Waals surface area contributed by atoms with Gasteiger partial charge in [0.2, 0.25) is 5.91 Å². The number of hydrogen-bond donors (Lipinski definition) is 3. The van der Waals surface area contributed by atoms with E-state index in [9.17, 15) is 14.0 Å². The Hall–Kier alpha value is -3.44. The van der Waals surface area contributed by atoms with Gasteiger partial charge in [-0.3, -0.25) is 14.3 Å². The number of carbonyl (C=O) groups is 1. The zero-order valence-electron chi connectivity index (χ0n) is 19.3. The van der Waals surface area contributed by atoms with Crippen LogP contribution in [0.5, 0.6) is 0 Å². The van der Waals surface area contributed by atoms with Gasteiger partial charge in [0.05, 0.1) is 22.8 Å². The number of thioether (sulfide) groups is 1. The predicted molar refractivity (Wildman–Crippen MR) is 133 cm³/mol. The molecule has 1 aliphatic heterocycles. The van der Waals surface area contributed by atoms with Crippen molar-refractivity contribution < 1.29 is 9.18 Å². The minimum Gasteiger partial charge on any atom is -0.325 e. The summed E-state index contributed by atoms with van der Waals surface area (Å²) in [4.78, 5) is 31.9. The average molecular weight is 496 g/mol. The lowest BCUT2D eigenvalue weighted by Crippen LogP contribution is -2.33. The molecule has 0 spiro atoms. The monoisotopic (exact) mass is 495 g/mol. The standard InChI is InChI=1S/C24H26FN7O2S/c1-15(31-11-3-2-4-12-31)22-29-30-24(32(22)18-8-5-16(25)6-9-18)35-14-21(33)26-17-7-10-19-20(13-17)28-23(34)27-19/h5-10,13,15H,2-4,11-12,14H2,1H3,(H,26,33)(H2,27,28,34)/t15-/m0/s1. The first-order valence-electron chi connectivity index (χ1n) is 11.6. The van der Waals surface area contributed by atoms with Crippen molar-refractivity contribution in [3.8, 4) is 5.69 Å². The van der Waals surface area contributed by atoms with Crippen molar-refractivity contribution in [1.29, 1.82) is 0 Å². The molecule has 2 aromatic heterocycles. The number of nitrogens with zero attached hydrogens (tertiary/aromatic N) is 4. The Morgan fingerprint density at radius 2 is 1.83 bits per heavy atom. The normalized spacial score (nSPS) is 15.4. The number of halogens is 1. The average Bonchev–Trinajstić information content (AvgIpc) is 3.45. The summed E-state index contributed by atoms with van der Waals surface area (Å²) < 4.78 is 15.5. The number of H-pyrrole nitrogens is 2. The molecule has 1 saturated heterocycles. The molecule has 182 valence electrons. The van der Waals surface area contributed by atoms with Crippen molar-refractivity contribution in [3.05, 3.63) is 64.6 Å². The minimum absolute atomic E-state index is 0.0336. The first-order valence-corrected chi connectivity index (χ1v) is 12.6. The molecule has 3 heterocycles. The topological polar surface area (TPSA) is 112 Å². The predicted octanol–water partition coefficient (Wildman–Crippen LogP) is 3.85. The molecule has 0 unspecified atom stereocenters. The highest BCUT2D eigenvalue weighted by molar-refractivity contribution is 7.99. The largest absolute Gasteiger partial charge is 0.325 e. The molecule has 0 bridgehead atoms. The Labute approximate surface area is 205 Å². The number of hydrogen-bond acceptors (Lipinski definition) is 6. The molecular formula is C24H26FN7O2S. The van der Waals surface area contributed by atoms with E-state index in [0.29, 0.717) is 21.9 Å². The Kier molecular flexibility index (Phi) is 6.69. The van der Waals surface area contributed by atoms with Crippen molar-refractivity contribution in [1.82, 2.24) is 29.6 Å². The second-order valence-corrected chi connectivity index (χ2v) is 9.54. The molecule has 0 radical (unpaired) electrons. The third-order valence-electron chi connectivity index (χ3n) is 6.19. The molecule has 3 N–H and O–H groups in total. The van der Waals surface area contributed by atoms with E-state index in [4.69, 9.17) is 0 Å². The fourth-order valence-electron chi connectivity index (χ4n) is 4.38. The highest BCUT2D eigenvalue weighted by Gasteiger charge is 2.26. The molecule has 2 aromatic carbocycles. The Morgan fingerprint density at radius 1 is 1.09 bits per heavy atom. The highest BCUT2D eigenvalue weighted by Crippen LogP contribution is 2.29. The maximum absolute atomic E-state index is 13.6. The first-order chi connectivity index (χ1) is 17.0. The van der Waals surface area contributed by atoms with Gasteiger partial charge in [0.1, 0.15) is 5.82 Å². The van der Waals surface area contributed by atoms with Gasteiger partial charge in [-0.1, -0.05) is 18.2 Å². The van der Waals surface area contributed by atoms with Crippen LogP contribution in [0.2, 0.25) is 0 Å². The fraction of sp³-hybridized carbons (Fsp3) is 0.333. The summed E-state index contributed by atoms with van der Waals surface area (Å²) in [5, 5.41) is 12.3. The summed E-state index contributed by atoms with van der Waals surface area (Å²) in [5.41, 5.74) is 2.32. The number of amides is 1. The second-order valence-electron chi connectivity index (χ2n) is 8.60. The van der Waals surface area contributed by atoms with Crippen LogP contribution in [0.1, 0.15) is 38.1 Å². The molecule has 0 aliphatic carbocycles. The van der Waals surface area contributed by atoms with Gasteiger partial charge in [-0.25, -0.2) is 9.18 Å². The van der Waals surface area contributed by atoms with E-state index in [1.807, 2.05) is 4.57 Å². The Balaban J connectivity index is 1.35. The van der Waals surface area contributed by atoms with Crippen LogP contribution < -0.4 is 11.0 Å². The molecule has 0 saturated carbocycles. The molecule has 5 rings (SSSR count). The lowest BCUT2D eigenvalue weighted by atomic mass is 10.1. The van der Waals surface area contributed by atoms with Gasteiger partial charge >= 0.3 is 5.69 Å². The van der Waals surface area contributed by atoms with E-state index in [-0.39, 0.29) is 29.2 Å². The Morgan fingerprint density at radius 3 is 2.60 bits per heavy atom. The summed E-state index contributed by atoms with van der Waals surface area (Å²) in [7, 11) is 0. The van der Waals surface area contributed by atoms with Crippen LogP contribution in [0.15, 0.2) is 52.4 Å². The van der Waals surface area contributed by atoms with Crippen LogP contribution in [0, 0.1) is 5.82 Å². The number of aromatic amines is 2. The second kappa shape index (κ2) is 10.0. The third kappa shape index (κ3) is 5.15. The molecule has 1 fully saturated rings. The van der Waals surface area contributed by atoms with E-state index >= 15 is 0 Å². The number of likely N-dealkylation sites (tertiary alicyclic amines) is 1. The summed E-state index contributed by atoms with van der Waals surface area (Å²) in [5.74, 6) is 0.343. The van der Waals surface area contributed by atoms with Crippen molar-refractivity contribution in [3.63, 3.8) is 0 Å². The van der Waals surface area contributed by atoms with Gasteiger partial charge in [-0.2, -0.15) is 0 Å². The molecule has 1 amide bonds. The highest BCUT2D eigenvalue weighted by atomic mass is 32.2. The van der Waals surface area contributed by atoms with Crippen molar-refractivity contribution in [2.45, 2.75) is 37.4 Å². The summed E-state index contributed by atoms with van der Waals surface area (Å²) in [6, 6.07) is 11.4. The fourth-order valence-corrected chi connectivity index (χ4v) is 5.14. The lowest BCUT2D eigenvalue weighted by Gasteiger charge is -2.31. The van der Waals surface area contributed by atoms with Crippen LogP contribution in [-0.4, -0.2) is 54.4 Å². The maximum Gasteiger partial charge on any atom is 0.323 e. The zero-order chi connectivity index (χ0) is 24.4. The molecule has 1 atom stereocenters. The van der Waals surface area contributed by atoms with E-state index in [2.05, 4.69) is 37.3 Å². The number of carbonyl (C=O) groups excluding carboxylic acids is 1. The minimum atomic E-state index is -0.318. The van der Waals surface area contributed by atoms with Crippen LogP contribution in [0.3, 0.4) is 0 Å². The van der Waals surface area contributed by atoms with E-state index < -0.39 is 0 Å². The van der Waals surface area contributed by atoms with Gasteiger partial charge in [0, 0.05) is 11.4 Å². The van der Waals surface area contributed by atoms with Gasteiger partial charge in [-0.05, 0) is 75.3 Å². The van der Waals surface area contributed by atoms with Crippen LogP contribution >= 0.6 is 11.8 Å². The maximum atomic E-state index is 13.6. The molecule has 35 heavy (non-hydrogen) atoms. The van der Waals surface area contributed by atoms with Gasteiger partial charge < -0.3 is 15.3 Å². The van der Waals surface area contributed by atoms with E-state index in [1.54, 1.807) is 30.3 Å². The van der Waals surface area contributed by atoms with Gasteiger partial charge in [0.25, 0.3) is 0 Å². The van der Waals surface area contributed by atoms with Crippen molar-refractivity contribution in [2.24, 2.45) is 0 Å². The number of aromatic nitrogens is 5. The van der Waals surface area contributed by atoms with E-state index in [0.717, 1.165) is 37.4 Å². The SMILES string of the molecule is C[C@@H](c1nnc(SCC(=O)Nc2ccc3[nH]c(=O)[nH]c3c2)n1-c1ccc(F)cc1)N1CCCCC1. The van der Waals surface area contributed by atoms with Crippen LogP contribution in [0.4, 0.5) is 10.1 Å². The third-order valence-corrected chi connectivity index (χ3v) is 7.12. The smallest absolute Gasteiger partial charge is 0.323 e. The number of anilines is 1. The molecule has 4 aromatic rings. The van der Waals surface area contributed by atoms with Crippen molar-refractivity contribution in [2.75, 3.05) is 24.2 Å². The van der Waals surface area contributed by atoms with Crippen LogP contribution in [0.25, 0.3) is 16.7 Å². The summed E-state index contributed by atoms with van der Waals surface area (Å²) in [6.45, 7) is 4.11. The van der Waals surface area contributed by atoms with Gasteiger partial charge in [-0.15, -0.1) is 10.2 Å². The summed E-state index contributed by atoms with van der Waals surface area (Å²) in [6.07, 6.45) is 3.54. The number of fused-ring (bicyclic) bond motifs is 1. The van der Waals surface area contributed by atoms with E-state index in [1.165, 1.54) is 30.3 Å². The number of benzene rings is 2. The lowest BCUT2D eigenvalue weighted by molar-refractivity contribution is -0.113. The quantitative estimate of drug-likeness (QED) is 0.336. The van der Waals surface area contributed by atoms with Crippen molar-refractivity contribution >= 4 is 34.4 Å². The zero-order valence-corrected chi connectivity index (χ0v) is 20.1. The number of rotatable bonds is 7. The Bertz CT molecular complexity index is 1390. The molecule has 11 heteroatoms.